The average molecular weight is 205 g/mol. The minimum absolute atomic E-state index is 0.263. The maximum Gasteiger partial charge on any atom is 0.0962 e. The van der Waals surface area contributed by atoms with Gasteiger partial charge in [0.2, 0.25) is 0 Å². The molecule has 0 nitrogen and oxygen atoms in total. The van der Waals surface area contributed by atoms with Crippen LogP contribution < -0.4 is 0 Å². The fourth-order valence-corrected chi connectivity index (χ4v) is 1.62. The Balaban J connectivity index is 3.04. The van der Waals surface area contributed by atoms with Crippen LogP contribution in [0.1, 0.15) is 36.0 Å². The van der Waals surface area contributed by atoms with Gasteiger partial charge in [-0.25, -0.2) is 0 Å². The summed E-state index contributed by atoms with van der Waals surface area (Å²) in [5, 5.41) is 0. The van der Waals surface area contributed by atoms with Gasteiger partial charge in [-0.15, -0.1) is 0 Å². The van der Waals surface area contributed by atoms with E-state index >= 15 is 0 Å². The van der Waals surface area contributed by atoms with Crippen LogP contribution >= 0.6 is 0 Å². The van der Waals surface area contributed by atoms with Gasteiger partial charge < -0.3 is 0 Å². The topological polar surface area (TPSA) is 0 Å². The van der Waals surface area contributed by atoms with Gasteiger partial charge in [-0.05, 0) is 30.0 Å². The summed E-state index contributed by atoms with van der Waals surface area (Å²) in [6.07, 6.45) is 3.92. The standard InChI is InChI=1S/C14H18F/c1-4-6-13-7-12(5-2)8-14(9-13)11(3)10-15/h5,7-9,11H,2-4,6,10H2,1H3. The number of aryl methyl sites for hydroxylation is 1. The second-order valence-electron chi connectivity index (χ2n) is 3.81. The SMILES string of the molecule is [CH2]C(CF)c1cc(C=C)cc(CCC)c1. The van der Waals surface area contributed by atoms with Crippen LogP contribution in [0.2, 0.25) is 0 Å². The molecule has 0 bridgehead atoms. The van der Waals surface area contributed by atoms with Gasteiger partial charge in [0.15, 0.2) is 0 Å². The van der Waals surface area contributed by atoms with Gasteiger partial charge in [0.05, 0.1) is 6.67 Å². The number of hydrogen-bond acceptors (Lipinski definition) is 0. The molecule has 1 radical (unpaired) electrons. The van der Waals surface area contributed by atoms with Gasteiger partial charge in [-0.2, -0.15) is 0 Å². The lowest BCUT2D eigenvalue weighted by Crippen LogP contribution is -1.98. The molecule has 1 heteroatoms. The van der Waals surface area contributed by atoms with Crippen molar-refractivity contribution >= 4 is 6.08 Å². The Morgan fingerprint density at radius 3 is 2.67 bits per heavy atom. The molecule has 0 aromatic heterocycles. The van der Waals surface area contributed by atoms with E-state index < -0.39 is 6.67 Å². The van der Waals surface area contributed by atoms with Crippen molar-refractivity contribution in [1.82, 2.24) is 0 Å². The van der Waals surface area contributed by atoms with Gasteiger partial charge in [0.1, 0.15) is 0 Å². The molecule has 0 N–H and O–H groups in total. The first-order chi connectivity index (χ1) is 7.21. The minimum Gasteiger partial charge on any atom is -0.250 e. The number of benzene rings is 1. The normalized spacial score (nSPS) is 12.5. The highest BCUT2D eigenvalue weighted by Gasteiger charge is 2.07. The largest absolute Gasteiger partial charge is 0.250 e. The van der Waals surface area contributed by atoms with E-state index in [0.29, 0.717) is 0 Å². The predicted molar refractivity (Wildman–Crippen MR) is 64.6 cm³/mol. The summed E-state index contributed by atoms with van der Waals surface area (Å²) in [5.41, 5.74) is 3.27. The van der Waals surface area contributed by atoms with Crippen molar-refractivity contribution < 1.29 is 4.39 Å². The molecule has 0 saturated carbocycles. The molecule has 15 heavy (non-hydrogen) atoms. The first kappa shape index (κ1) is 12.0. The minimum atomic E-state index is -0.411. The highest BCUT2D eigenvalue weighted by molar-refractivity contribution is 5.50. The lowest BCUT2D eigenvalue weighted by atomic mass is 9.95. The molecule has 0 aliphatic rings. The predicted octanol–water partition coefficient (Wildman–Crippen LogP) is 4.17. The Hall–Kier alpha value is -1.11. The third-order valence-corrected chi connectivity index (χ3v) is 2.47. The third kappa shape index (κ3) is 3.19. The Kier molecular flexibility index (Phi) is 4.54. The summed E-state index contributed by atoms with van der Waals surface area (Å²) >= 11 is 0. The van der Waals surface area contributed by atoms with Crippen molar-refractivity contribution in [3.05, 3.63) is 48.4 Å². The van der Waals surface area contributed by atoms with E-state index in [1.54, 1.807) is 6.08 Å². The quantitative estimate of drug-likeness (QED) is 0.676. The van der Waals surface area contributed by atoms with Crippen molar-refractivity contribution in [3.63, 3.8) is 0 Å². The molecule has 0 aliphatic carbocycles. The zero-order valence-corrected chi connectivity index (χ0v) is 9.30. The first-order valence-corrected chi connectivity index (χ1v) is 5.36. The fraction of sp³-hybridized carbons (Fsp3) is 0.357. The first-order valence-electron chi connectivity index (χ1n) is 5.36. The Bertz CT molecular complexity index is 328. The van der Waals surface area contributed by atoms with Crippen molar-refractivity contribution in [2.24, 2.45) is 0 Å². The van der Waals surface area contributed by atoms with E-state index in [4.69, 9.17) is 0 Å². The van der Waals surface area contributed by atoms with Gasteiger partial charge in [0.25, 0.3) is 0 Å². The van der Waals surface area contributed by atoms with Gasteiger partial charge in [-0.1, -0.05) is 44.2 Å². The van der Waals surface area contributed by atoms with E-state index in [9.17, 15) is 4.39 Å². The number of hydrogen-bond donors (Lipinski definition) is 0. The molecule has 1 aromatic carbocycles. The lowest BCUT2D eigenvalue weighted by molar-refractivity contribution is 0.465. The smallest absolute Gasteiger partial charge is 0.0962 e. The van der Waals surface area contributed by atoms with Crippen LogP contribution in [-0.2, 0) is 6.42 Å². The molecular weight excluding hydrogens is 187 g/mol. The molecule has 0 saturated heterocycles. The van der Waals surface area contributed by atoms with E-state index in [-0.39, 0.29) is 5.92 Å². The van der Waals surface area contributed by atoms with E-state index in [1.165, 1.54) is 5.56 Å². The molecule has 1 unspecified atom stereocenters. The van der Waals surface area contributed by atoms with Gasteiger partial charge >= 0.3 is 0 Å². The summed E-state index contributed by atoms with van der Waals surface area (Å²) in [6, 6.07) is 6.11. The van der Waals surface area contributed by atoms with Crippen LogP contribution in [0, 0.1) is 6.92 Å². The maximum atomic E-state index is 12.5. The van der Waals surface area contributed by atoms with Crippen LogP contribution in [0.25, 0.3) is 6.08 Å². The van der Waals surface area contributed by atoms with E-state index in [2.05, 4.69) is 26.5 Å². The van der Waals surface area contributed by atoms with E-state index in [1.807, 2.05) is 12.1 Å². The molecule has 1 rings (SSSR count). The monoisotopic (exact) mass is 205 g/mol. The highest BCUT2D eigenvalue weighted by Crippen LogP contribution is 2.20. The molecule has 0 amide bonds. The summed E-state index contributed by atoms with van der Waals surface area (Å²) < 4.78 is 12.5. The lowest BCUT2D eigenvalue weighted by Gasteiger charge is -2.11. The second kappa shape index (κ2) is 5.69. The van der Waals surface area contributed by atoms with Crippen molar-refractivity contribution in [2.45, 2.75) is 25.7 Å². The van der Waals surface area contributed by atoms with Crippen LogP contribution in [0.4, 0.5) is 4.39 Å². The van der Waals surface area contributed by atoms with Crippen molar-refractivity contribution in [3.8, 4) is 0 Å². The molecule has 81 valence electrons. The van der Waals surface area contributed by atoms with Gasteiger partial charge in [0, 0.05) is 5.92 Å². The second-order valence-corrected chi connectivity index (χ2v) is 3.81. The van der Waals surface area contributed by atoms with Crippen LogP contribution in [-0.4, -0.2) is 6.67 Å². The zero-order valence-electron chi connectivity index (χ0n) is 9.30. The fourth-order valence-electron chi connectivity index (χ4n) is 1.62. The Morgan fingerprint density at radius 1 is 1.40 bits per heavy atom. The number of alkyl halides is 1. The van der Waals surface area contributed by atoms with Crippen LogP contribution in [0.5, 0.6) is 0 Å². The third-order valence-electron chi connectivity index (χ3n) is 2.47. The Morgan fingerprint density at radius 2 is 2.13 bits per heavy atom. The molecule has 0 heterocycles. The summed E-state index contributed by atoms with van der Waals surface area (Å²) in [6.45, 7) is 9.26. The molecule has 0 spiro atoms. The molecule has 0 aliphatic heterocycles. The number of rotatable bonds is 5. The Labute approximate surface area is 91.8 Å². The van der Waals surface area contributed by atoms with Gasteiger partial charge in [-0.3, -0.25) is 4.39 Å². The molecule has 1 aromatic rings. The summed E-state index contributed by atoms with van der Waals surface area (Å²) in [5.74, 6) is -0.263. The van der Waals surface area contributed by atoms with Crippen LogP contribution in [0.3, 0.4) is 0 Å². The van der Waals surface area contributed by atoms with Crippen LogP contribution in [0.15, 0.2) is 24.8 Å². The number of halogens is 1. The summed E-state index contributed by atoms with van der Waals surface area (Å²) in [7, 11) is 0. The molecule has 1 atom stereocenters. The van der Waals surface area contributed by atoms with E-state index in [0.717, 1.165) is 24.0 Å². The molecule has 0 fully saturated rings. The average Bonchev–Trinajstić information content (AvgIpc) is 2.28. The van der Waals surface area contributed by atoms with Crippen molar-refractivity contribution in [1.29, 1.82) is 0 Å². The molecular formula is C14H18F. The maximum absolute atomic E-state index is 12.5. The van der Waals surface area contributed by atoms with Crippen molar-refractivity contribution in [2.75, 3.05) is 6.67 Å². The zero-order chi connectivity index (χ0) is 11.3. The summed E-state index contributed by atoms with van der Waals surface area (Å²) in [4.78, 5) is 0. The highest BCUT2D eigenvalue weighted by atomic mass is 19.1.